The van der Waals surface area contributed by atoms with E-state index in [0.717, 1.165) is 31.0 Å². The Kier molecular flexibility index (Phi) is 5.43. The summed E-state index contributed by atoms with van der Waals surface area (Å²) in [6.45, 7) is 3.81. The van der Waals surface area contributed by atoms with E-state index in [4.69, 9.17) is 0 Å². The molecular formula is C17H26N4OS. The van der Waals surface area contributed by atoms with Crippen molar-refractivity contribution in [3.8, 4) is 0 Å². The van der Waals surface area contributed by atoms with Gasteiger partial charge in [0.15, 0.2) is 0 Å². The predicted octanol–water partition coefficient (Wildman–Crippen LogP) is 3.04. The van der Waals surface area contributed by atoms with Crippen molar-refractivity contribution in [3.05, 3.63) is 23.9 Å². The third kappa shape index (κ3) is 3.98. The molecule has 2 aliphatic heterocycles. The number of nitrogens with zero attached hydrogens (tertiary/aromatic N) is 3. The first-order chi connectivity index (χ1) is 11.2. The van der Waals surface area contributed by atoms with Crippen LogP contribution in [-0.4, -0.2) is 58.8 Å². The topological polar surface area (TPSA) is 48.5 Å². The third-order valence-electron chi connectivity index (χ3n) is 4.97. The van der Waals surface area contributed by atoms with E-state index in [1.807, 2.05) is 28.8 Å². The summed E-state index contributed by atoms with van der Waals surface area (Å²) in [5.74, 6) is 2.71. The minimum atomic E-state index is -0.0151. The molecule has 5 nitrogen and oxygen atoms in total. The van der Waals surface area contributed by atoms with E-state index in [0.29, 0.717) is 17.9 Å². The molecule has 2 atom stereocenters. The van der Waals surface area contributed by atoms with Crippen molar-refractivity contribution in [1.29, 1.82) is 0 Å². The van der Waals surface area contributed by atoms with Crippen LogP contribution in [0.3, 0.4) is 0 Å². The summed E-state index contributed by atoms with van der Waals surface area (Å²) in [6, 6.07) is 5.13. The number of carbonyl (C=O) groups excluding carboxylic acids is 1. The molecule has 2 aliphatic rings. The Labute approximate surface area is 142 Å². The van der Waals surface area contributed by atoms with Crippen LogP contribution in [0.1, 0.15) is 31.7 Å². The Hall–Kier alpha value is -1.27. The number of amides is 2. The summed E-state index contributed by atoms with van der Waals surface area (Å²) in [4.78, 5) is 21.3. The monoisotopic (exact) mass is 334 g/mol. The summed E-state index contributed by atoms with van der Waals surface area (Å²) in [5.41, 5.74) is 1.21. The van der Waals surface area contributed by atoms with Crippen molar-refractivity contribution in [2.45, 2.75) is 44.0 Å². The highest BCUT2D eigenvalue weighted by Crippen LogP contribution is 2.28. The van der Waals surface area contributed by atoms with Gasteiger partial charge in [-0.15, -0.1) is 0 Å². The zero-order valence-electron chi connectivity index (χ0n) is 14.0. The third-order valence-corrected chi connectivity index (χ3v) is 5.91. The van der Waals surface area contributed by atoms with E-state index in [1.165, 1.54) is 18.4 Å². The van der Waals surface area contributed by atoms with E-state index < -0.39 is 0 Å². The zero-order chi connectivity index (χ0) is 16.2. The number of urea groups is 1. The minimum absolute atomic E-state index is 0.0151. The van der Waals surface area contributed by atoms with Crippen molar-refractivity contribution in [1.82, 2.24) is 14.8 Å². The number of anilines is 1. The first-order valence-corrected chi connectivity index (χ1v) is 9.63. The number of pyridine rings is 1. The van der Waals surface area contributed by atoms with E-state index in [9.17, 15) is 4.79 Å². The van der Waals surface area contributed by atoms with Gasteiger partial charge >= 0.3 is 6.03 Å². The van der Waals surface area contributed by atoms with Crippen LogP contribution in [0.4, 0.5) is 10.6 Å². The molecule has 2 unspecified atom stereocenters. The molecule has 0 aliphatic carbocycles. The van der Waals surface area contributed by atoms with Crippen LogP contribution >= 0.6 is 11.8 Å². The SMILES string of the molecule is CCSCc1ccnc(NC(=O)N2CCC3CCC(C2)N3C)c1. The van der Waals surface area contributed by atoms with Crippen LogP contribution in [0, 0.1) is 0 Å². The number of rotatable bonds is 4. The number of thioether (sulfide) groups is 1. The molecule has 1 aromatic rings. The average Bonchev–Trinajstić information content (AvgIpc) is 2.78. The van der Waals surface area contributed by atoms with Gasteiger partial charge in [0.25, 0.3) is 0 Å². The lowest BCUT2D eigenvalue weighted by Crippen LogP contribution is -2.41. The van der Waals surface area contributed by atoms with Crippen LogP contribution in [0.2, 0.25) is 0 Å². The smallest absolute Gasteiger partial charge is 0.323 e. The molecule has 1 N–H and O–H groups in total. The molecule has 0 spiro atoms. The van der Waals surface area contributed by atoms with Gasteiger partial charge in [0, 0.05) is 37.1 Å². The first kappa shape index (κ1) is 16.6. The summed E-state index contributed by atoms with van der Waals surface area (Å²) < 4.78 is 0. The molecule has 0 aromatic carbocycles. The summed E-state index contributed by atoms with van der Waals surface area (Å²) in [5, 5.41) is 2.98. The molecule has 23 heavy (non-hydrogen) atoms. The fourth-order valence-electron chi connectivity index (χ4n) is 3.53. The maximum absolute atomic E-state index is 12.6. The molecule has 0 saturated carbocycles. The number of hydrogen-bond donors (Lipinski definition) is 1. The second kappa shape index (κ2) is 7.53. The maximum Gasteiger partial charge on any atom is 0.323 e. The van der Waals surface area contributed by atoms with Gasteiger partial charge in [0.2, 0.25) is 0 Å². The maximum atomic E-state index is 12.6. The number of likely N-dealkylation sites (tertiary alicyclic amines) is 1. The largest absolute Gasteiger partial charge is 0.323 e. The van der Waals surface area contributed by atoms with E-state index in [2.05, 4.69) is 29.2 Å². The van der Waals surface area contributed by atoms with E-state index in [1.54, 1.807) is 6.20 Å². The highest BCUT2D eigenvalue weighted by atomic mass is 32.2. The van der Waals surface area contributed by atoms with Crippen LogP contribution in [0.15, 0.2) is 18.3 Å². The fourth-order valence-corrected chi connectivity index (χ4v) is 4.15. The van der Waals surface area contributed by atoms with E-state index >= 15 is 0 Å². The van der Waals surface area contributed by atoms with Gasteiger partial charge in [0.05, 0.1) is 0 Å². The second-order valence-electron chi connectivity index (χ2n) is 6.40. The van der Waals surface area contributed by atoms with Gasteiger partial charge in [0.1, 0.15) is 5.82 Å². The summed E-state index contributed by atoms with van der Waals surface area (Å²) >= 11 is 1.87. The quantitative estimate of drug-likeness (QED) is 0.919. The van der Waals surface area contributed by atoms with Gasteiger partial charge in [-0.25, -0.2) is 9.78 Å². The van der Waals surface area contributed by atoms with Crippen LogP contribution < -0.4 is 5.32 Å². The normalized spacial score (nSPS) is 24.5. The Bertz CT molecular complexity index is 553. The standard InChI is InChI=1S/C17H26N4OS/c1-3-23-12-13-6-8-18-16(10-13)19-17(22)21-9-7-14-4-5-15(11-21)20(14)2/h6,8,10,14-15H,3-5,7,9,11-12H2,1-2H3,(H,18,19,22). The molecule has 2 bridgehead atoms. The van der Waals surface area contributed by atoms with Crippen molar-refractivity contribution in [2.24, 2.45) is 0 Å². The molecule has 126 valence electrons. The number of nitrogens with one attached hydrogen (secondary N) is 1. The zero-order valence-corrected chi connectivity index (χ0v) is 14.8. The lowest BCUT2D eigenvalue weighted by Gasteiger charge is -2.25. The molecule has 2 amide bonds. The molecule has 3 heterocycles. The van der Waals surface area contributed by atoms with Crippen LogP contribution in [-0.2, 0) is 5.75 Å². The molecule has 3 rings (SSSR count). The van der Waals surface area contributed by atoms with Gasteiger partial charge in [-0.05, 0) is 49.8 Å². The average molecular weight is 334 g/mol. The molecule has 2 fully saturated rings. The Balaban J connectivity index is 1.60. The number of carbonyl (C=O) groups is 1. The Morgan fingerprint density at radius 2 is 2.22 bits per heavy atom. The Morgan fingerprint density at radius 1 is 1.39 bits per heavy atom. The number of likely N-dealkylation sites (N-methyl/N-ethyl adjacent to an activating group) is 1. The number of aromatic nitrogens is 1. The van der Waals surface area contributed by atoms with Crippen molar-refractivity contribution >= 4 is 23.6 Å². The molecule has 1 aromatic heterocycles. The van der Waals surface area contributed by atoms with Crippen molar-refractivity contribution in [2.75, 3.05) is 31.2 Å². The number of fused-ring (bicyclic) bond motifs is 2. The fraction of sp³-hybridized carbons (Fsp3) is 0.647. The number of hydrogen-bond acceptors (Lipinski definition) is 4. The molecule has 0 radical (unpaired) electrons. The van der Waals surface area contributed by atoms with Crippen LogP contribution in [0.5, 0.6) is 0 Å². The highest BCUT2D eigenvalue weighted by Gasteiger charge is 2.35. The summed E-state index contributed by atoms with van der Waals surface area (Å²) in [6.07, 6.45) is 5.32. The predicted molar refractivity (Wildman–Crippen MR) is 95.9 cm³/mol. The molecule has 2 saturated heterocycles. The van der Waals surface area contributed by atoms with Gasteiger partial charge in [-0.2, -0.15) is 11.8 Å². The minimum Gasteiger partial charge on any atom is -0.323 e. The molecule has 6 heteroatoms. The first-order valence-electron chi connectivity index (χ1n) is 8.48. The van der Waals surface area contributed by atoms with Crippen LogP contribution in [0.25, 0.3) is 0 Å². The lowest BCUT2D eigenvalue weighted by molar-refractivity contribution is 0.200. The molecular weight excluding hydrogens is 308 g/mol. The lowest BCUT2D eigenvalue weighted by atomic mass is 10.1. The van der Waals surface area contributed by atoms with Gasteiger partial charge in [-0.3, -0.25) is 10.2 Å². The highest BCUT2D eigenvalue weighted by molar-refractivity contribution is 7.98. The van der Waals surface area contributed by atoms with Crippen molar-refractivity contribution < 1.29 is 4.79 Å². The van der Waals surface area contributed by atoms with Gasteiger partial charge < -0.3 is 4.90 Å². The Morgan fingerprint density at radius 3 is 3.04 bits per heavy atom. The summed E-state index contributed by atoms with van der Waals surface area (Å²) in [7, 11) is 2.19. The van der Waals surface area contributed by atoms with E-state index in [-0.39, 0.29) is 6.03 Å². The van der Waals surface area contributed by atoms with Gasteiger partial charge in [-0.1, -0.05) is 6.92 Å². The second-order valence-corrected chi connectivity index (χ2v) is 7.68. The van der Waals surface area contributed by atoms with Crippen molar-refractivity contribution in [3.63, 3.8) is 0 Å².